The van der Waals surface area contributed by atoms with Crippen LogP contribution in [0.1, 0.15) is 31.9 Å². The van der Waals surface area contributed by atoms with Crippen molar-refractivity contribution in [2.75, 3.05) is 0 Å². The summed E-state index contributed by atoms with van der Waals surface area (Å²) in [7, 11) is 0. The van der Waals surface area contributed by atoms with Gasteiger partial charge in [-0.1, -0.05) is 23.7 Å². The molecule has 0 aromatic heterocycles. The standard InChI is InChI=1S/C13H17ClN2O/c1-8(2)16-12(17)7-11(15)13(16)9-3-5-10(14)6-4-9/h3-6,8,11,13H,7,15H2,1-2H3. The first kappa shape index (κ1) is 12.4. The van der Waals surface area contributed by atoms with Gasteiger partial charge in [0.15, 0.2) is 0 Å². The molecular weight excluding hydrogens is 236 g/mol. The van der Waals surface area contributed by atoms with E-state index in [0.29, 0.717) is 11.4 Å². The molecule has 17 heavy (non-hydrogen) atoms. The molecule has 1 aliphatic rings. The van der Waals surface area contributed by atoms with Gasteiger partial charge >= 0.3 is 0 Å². The van der Waals surface area contributed by atoms with E-state index in [9.17, 15) is 4.79 Å². The molecule has 4 heteroatoms. The van der Waals surface area contributed by atoms with Gasteiger partial charge in [-0.15, -0.1) is 0 Å². The van der Waals surface area contributed by atoms with E-state index in [2.05, 4.69) is 0 Å². The fraction of sp³-hybridized carbons (Fsp3) is 0.462. The molecule has 0 bridgehead atoms. The van der Waals surface area contributed by atoms with Crippen LogP contribution in [0.5, 0.6) is 0 Å². The van der Waals surface area contributed by atoms with Gasteiger partial charge in [0.05, 0.1) is 6.04 Å². The maximum atomic E-state index is 11.9. The van der Waals surface area contributed by atoms with Crippen LogP contribution in [0.2, 0.25) is 5.02 Å². The lowest BCUT2D eigenvalue weighted by atomic mass is 10.0. The average molecular weight is 253 g/mol. The van der Waals surface area contributed by atoms with E-state index in [0.717, 1.165) is 5.56 Å². The van der Waals surface area contributed by atoms with E-state index in [1.54, 1.807) is 0 Å². The van der Waals surface area contributed by atoms with Crippen molar-refractivity contribution in [2.45, 2.75) is 38.4 Å². The Morgan fingerprint density at radius 1 is 1.35 bits per heavy atom. The molecule has 1 aliphatic heterocycles. The van der Waals surface area contributed by atoms with Crippen molar-refractivity contribution in [1.82, 2.24) is 4.90 Å². The summed E-state index contributed by atoms with van der Waals surface area (Å²) in [4.78, 5) is 13.8. The molecule has 0 aliphatic carbocycles. The summed E-state index contributed by atoms with van der Waals surface area (Å²) in [6, 6.07) is 7.57. The van der Waals surface area contributed by atoms with E-state index in [1.807, 2.05) is 43.0 Å². The number of likely N-dealkylation sites (tertiary alicyclic amines) is 1. The van der Waals surface area contributed by atoms with Gasteiger partial charge in [0.1, 0.15) is 0 Å². The van der Waals surface area contributed by atoms with Crippen molar-refractivity contribution < 1.29 is 4.79 Å². The van der Waals surface area contributed by atoms with Crippen molar-refractivity contribution in [1.29, 1.82) is 0 Å². The predicted octanol–water partition coefficient (Wildman–Crippen LogP) is 2.35. The third kappa shape index (κ3) is 2.31. The minimum absolute atomic E-state index is 0.0280. The largest absolute Gasteiger partial charge is 0.332 e. The van der Waals surface area contributed by atoms with Crippen LogP contribution < -0.4 is 5.73 Å². The average Bonchev–Trinajstić information content (AvgIpc) is 2.55. The smallest absolute Gasteiger partial charge is 0.225 e. The van der Waals surface area contributed by atoms with Crippen LogP contribution in [0.25, 0.3) is 0 Å². The summed E-state index contributed by atoms with van der Waals surface area (Å²) < 4.78 is 0. The Morgan fingerprint density at radius 2 is 1.94 bits per heavy atom. The second-order valence-electron chi connectivity index (χ2n) is 4.76. The molecular formula is C13H17ClN2O. The van der Waals surface area contributed by atoms with Crippen LogP contribution in [0, 0.1) is 0 Å². The molecule has 2 N–H and O–H groups in total. The number of hydrogen-bond donors (Lipinski definition) is 1. The Morgan fingerprint density at radius 3 is 2.47 bits per heavy atom. The highest BCUT2D eigenvalue weighted by Gasteiger charge is 2.39. The molecule has 2 unspecified atom stereocenters. The third-order valence-corrected chi connectivity index (χ3v) is 3.42. The van der Waals surface area contributed by atoms with Crippen molar-refractivity contribution >= 4 is 17.5 Å². The van der Waals surface area contributed by atoms with Crippen LogP contribution in [0.3, 0.4) is 0 Å². The highest BCUT2D eigenvalue weighted by atomic mass is 35.5. The molecule has 3 nitrogen and oxygen atoms in total. The summed E-state index contributed by atoms with van der Waals surface area (Å²) in [5.74, 6) is 0.132. The molecule has 1 saturated heterocycles. The van der Waals surface area contributed by atoms with Gasteiger partial charge in [0, 0.05) is 23.5 Å². The minimum Gasteiger partial charge on any atom is -0.332 e. The molecule has 1 heterocycles. The number of carbonyl (C=O) groups excluding carboxylic acids is 1. The molecule has 2 rings (SSSR count). The van der Waals surface area contributed by atoms with E-state index in [-0.39, 0.29) is 24.0 Å². The Balaban J connectivity index is 2.34. The molecule has 1 aromatic carbocycles. The van der Waals surface area contributed by atoms with Gasteiger partial charge in [0.25, 0.3) is 0 Å². The minimum atomic E-state index is -0.133. The third-order valence-electron chi connectivity index (χ3n) is 3.17. The van der Waals surface area contributed by atoms with Crippen molar-refractivity contribution in [3.63, 3.8) is 0 Å². The molecule has 2 atom stereocenters. The predicted molar refractivity (Wildman–Crippen MR) is 68.8 cm³/mol. The topological polar surface area (TPSA) is 46.3 Å². The zero-order chi connectivity index (χ0) is 12.6. The van der Waals surface area contributed by atoms with Crippen molar-refractivity contribution in [3.05, 3.63) is 34.9 Å². The molecule has 0 spiro atoms. The number of rotatable bonds is 2. The van der Waals surface area contributed by atoms with Crippen LogP contribution in [-0.4, -0.2) is 22.9 Å². The van der Waals surface area contributed by atoms with E-state index in [4.69, 9.17) is 17.3 Å². The lowest BCUT2D eigenvalue weighted by molar-refractivity contribution is -0.130. The van der Waals surface area contributed by atoms with Gasteiger partial charge in [-0.2, -0.15) is 0 Å². The van der Waals surface area contributed by atoms with Crippen LogP contribution >= 0.6 is 11.6 Å². The summed E-state index contributed by atoms with van der Waals surface area (Å²) >= 11 is 5.87. The highest BCUT2D eigenvalue weighted by Crippen LogP contribution is 2.34. The Bertz CT molecular complexity index is 416. The van der Waals surface area contributed by atoms with Gasteiger partial charge in [-0.05, 0) is 31.5 Å². The van der Waals surface area contributed by atoms with Gasteiger partial charge in [-0.3, -0.25) is 4.79 Å². The Hall–Kier alpha value is -1.06. The second-order valence-corrected chi connectivity index (χ2v) is 5.20. The molecule has 1 amide bonds. The number of amides is 1. The maximum Gasteiger partial charge on any atom is 0.225 e. The summed E-state index contributed by atoms with van der Waals surface area (Å²) in [5, 5.41) is 0.697. The van der Waals surface area contributed by atoms with Gasteiger partial charge in [0.2, 0.25) is 5.91 Å². The molecule has 0 radical (unpaired) electrons. The zero-order valence-corrected chi connectivity index (χ0v) is 10.8. The summed E-state index contributed by atoms with van der Waals surface area (Å²) in [6.45, 7) is 4.03. The Labute approximate surface area is 107 Å². The first-order valence-electron chi connectivity index (χ1n) is 5.83. The van der Waals surface area contributed by atoms with Crippen molar-refractivity contribution in [2.24, 2.45) is 5.73 Å². The first-order valence-corrected chi connectivity index (χ1v) is 6.20. The molecule has 1 fully saturated rings. The maximum absolute atomic E-state index is 11.9. The Kier molecular flexibility index (Phi) is 3.40. The lowest BCUT2D eigenvalue weighted by Crippen LogP contribution is -2.37. The van der Waals surface area contributed by atoms with Gasteiger partial charge in [-0.25, -0.2) is 0 Å². The SMILES string of the molecule is CC(C)N1C(=O)CC(N)C1c1ccc(Cl)cc1. The number of halogens is 1. The highest BCUT2D eigenvalue weighted by molar-refractivity contribution is 6.30. The first-order chi connectivity index (χ1) is 8.00. The summed E-state index contributed by atoms with van der Waals surface area (Å²) in [6.07, 6.45) is 0.422. The summed E-state index contributed by atoms with van der Waals surface area (Å²) in [5.41, 5.74) is 7.13. The van der Waals surface area contributed by atoms with E-state index < -0.39 is 0 Å². The van der Waals surface area contributed by atoms with Crippen LogP contribution in [0.15, 0.2) is 24.3 Å². The molecule has 0 saturated carbocycles. The van der Waals surface area contributed by atoms with Gasteiger partial charge < -0.3 is 10.6 Å². The molecule has 1 aromatic rings. The molecule has 92 valence electrons. The monoisotopic (exact) mass is 252 g/mol. The quantitative estimate of drug-likeness (QED) is 0.878. The number of benzene rings is 1. The van der Waals surface area contributed by atoms with E-state index in [1.165, 1.54) is 0 Å². The number of hydrogen-bond acceptors (Lipinski definition) is 2. The zero-order valence-electron chi connectivity index (χ0n) is 10.1. The van der Waals surface area contributed by atoms with Crippen molar-refractivity contribution in [3.8, 4) is 0 Å². The second kappa shape index (κ2) is 4.67. The number of carbonyl (C=O) groups is 1. The van der Waals surface area contributed by atoms with Crippen LogP contribution in [0.4, 0.5) is 0 Å². The number of nitrogens with two attached hydrogens (primary N) is 1. The van der Waals surface area contributed by atoms with Crippen LogP contribution in [-0.2, 0) is 4.79 Å². The fourth-order valence-corrected chi connectivity index (χ4v) is 2.58. The van der Waals surface area contributed by atoms with E-state index >= 15 is 0 Å². The fourth-order valence-electron chi connectivity index (χ4n) is 2.46. The lowest BCUT2D eigenvalue weighted by Gasteiger charge is -2.30. The number of nitrogens with zero attached hydrogens (tertiary/aromatic N) is 1. The normalized spacial score (nSPS) is 24.8.